The van der Waals surface area contributed by atoms with Crippen molar-refractivity contribution in [1.29, 1.82) is 0 Å². The molecule has 1 aliphatic rings. The molecule has 0 saturated carbocycles. The van der Waals surface area contributed by atoms with E-state index in [-0.39, 0.29) is 11.4 Å². The van der Waals surface area contributed by atoms with Gasteiger partial charge in [0.25, 0.3) is 0 Å². The Bertz CT molecular complexity index is 1370. The van der Waals surface area contributed by atoms with Gasteiger partial charge in [-0.1, -0.05) is 0 Å². The smallest absolute Gasteiger partial charge is 0.354 e. The van der Waals surface area contributed by atoms with Crippen molar-refractivity contribution in [2.45, 2.75) is 30.7 Å². The first-order valence-electron chi connectivity index (χ1n) is 11.5. The molecule has 2 heterocycles. The molecule has 16 heteroatoms. The van der Waals surface area contributed by atoms with Crippen molar-refractivity contribution in [3.8, 4) is 11.3 Å². The Balaban J connectivity index is 0.000000327. The molecule has 1 aromatic heterocycles. The lowest BCUT2D eigenvalue weighted by Crippen LogP contribution is -2.48. The van der Waals surface area contributed by atoms with Crippen LogP contribution >= 0.6 is 0 Å². The molecule has 0 spiro atoms. The molecule has 1 aliphatic heterocycles. The number of alkyl halides is 6. The average molecular weight is 596 g/mol. The van der Waals surface area contributed by atoms with E-state index in [4.69, 9.17) is 5.73 Å². The number of nitrogens with zero attached hydrogens (tertiary/aromatic N) is 3. The molecular formula is C25H18F10N4O2. The van der Waals surface area contributed by atoms with Gasteiger partial charge in [0.15, 0.2) is 17.5 Å². The second kappa shape index (κ2) is 12.2. The van der Waals surface area contributed by atoms with Gasteiger partial charge in [0, 0.05) is 36.7 Å². The van der Waals surface area contributed by atoms with Gasteiger partial charge in [-0.05, 0) is 54.4 Å². The first kappa shape index (κ1) is 31.4. The highest BCUT2D eigenvalue weighted by atomic mass is 19.4. The number of carbonyl (C=O) groups is 2. The minimum absolute atomic E-state index is 0.0915. The number of aromatic nitrogens is 2. The predicted octanol–water partition coefficient (Wildman–Crippen LogP) is 5.27. The Labute approximate surface area is 224 Å². The number of benzene rings is 2. The lowest BCUT2D eigenvalue weighted by atomic mass is 9.85. The van der Waals surface area contributed by atoms with Gasteiger partial charge >= 0.3 is 23.9 Å². The summed E-state index contributed by atoms with van der Waals surface area (Å²) in [6, 6.07) is 10.5. The molecule has 0 aliphatic carbocycles. The second-order valence-electron chi connectivity index (χ2n) is 8.73. The summed E-state index contributed by atoms with van der Waals surface area (Å²) in [5, 5.41) is 8.40. The number of hydrogen-bond acceptors (Lipinski definition) is 6. The van der Waals surface area contributed by atoms with Crippen LogP contribution in [0.1, 0.15) is 17.9 Å². The van der Waals surface area contributed by atoms with E-state index in [1.165, 1.54) is 12.1 Å². The summed E-state index contributed by atoms with van der Waals surface area (Å²) in [5.74, 6) is -10.0. The van der Waals surface area contributed by atoms with Gasteiger partial charge in [-0.15, -0.1) is 10.2 Å². The lowest BCUT2D eigenvalue weighted by Gasteiger charge is -2.37. The Morgan fingerprint density at radius 2 is 1.34 bits per heavy atom. The van der Waals surface area contributed by atoms with Crippen molar-refractivity contribution in [2.75, 3.05) is 18.0 Å². The third-order valence-corrected chi connectivity index (χ3v) is 5.93. The normalized spacial score (nSPS) is 17.5. The number of nitrogens with two attached hydrogens (primary N) is 1. The summed E-state index contributed by atoms with van der Waals surface area (Å²) in [7, 11) is 0. The van der Waals surface area contributed by atoms with Crippen molar-refractivity contribution in [3.63, 3.8) is 0 Å². The average Bonchev–Trinajstić information content (AvgIpc) is 2.90. The number of rotatable bonds is 4. The Morgan fingerprint density at radius 1 is 0.780 bits per heavy atom. The van der Waals surface area contributed by atoms with Gasteiger partial charge < -0.3 is 10.6 Å². The van der Waals surface area contributed by atoms with Gasteiger partial charge in [-0.25, -0.2) is 17.6 Å². The standard InChI is InChI=1S/C21H18F4N4.C4F6O2/c22-13-3-1-12(2-4-13)20-5-6-21(28-27-20)29-8-7-14(19(26)11-29)15-9-17(24)18(25)10-16(15)23;5-3(6,7)1(11)2(12)4(8,9)10/h1-6,9-10,14,19H,7-8,11,26H2;/t14?,19-;/m0./s1. The monoisotopic (exact) mass is 596 g/mol. The molecular weight excluding hydrogens is 578 g/mol. The van der Waals surface area contributed by atoms with Gasteiger partial charge in [0.2, 0.25) is 0 Å². The summed E-state index contributed by atoms with van der Waals surface area (Å²) in [6.07, 6.45) is -11.1. The molecule has 1 fully saturated rings. The van der Waals surface area contributed by atoms with Crippen LogP contribution in [0, 0.1) is 23.3 Å². The zero-order valence-electron chi connectivity index (χ0n) is 20.4. The summed E-state index contributed by atoms with van der Waals surface area (Å²) in [5.41, 5.74) is 7.67. The number of piperidine rings is 1. The number of carbonyl (C=O) groups excluding carboxylic acids is 2. The molecule has 1 saturated heterocycles. The van der Waals surface area contributed by atoms with Crippen LogP contribution in [0.5, 0.6) is 0 Å². The molecule has 2 atom stereocenters. The van der Waals surface area contributed by atoms with Crippen molar-refractivity contribution >= 4 is 17.4 Å². The van der Waals surface area contributed by atoms with Gasteiger partial charge in [-0.3, -0.25) is 9.59 Å². The molecule has 1 unspecified atom stereocenters. The van der Waals surface area contributed by atoms with E-state index in [9.17, 15) is 53.5 Å². The highest BCUT2D eigenvalue weighted by molar-refractivity contribution is 6.41. The quantitative estimate of drug-likeness (QED) is 0.251. The minimum atomic E-state index is -5.77. The maximum atomic E-state index is 14.1. The maximum absolute atomic E-state index is 14.1. The van der Waals surface area contributed by atoms with Crippen LogP contribution in [0.15, 0.2) is 48.5 Å². The first-order valence-corrected chi connectivity index (χ1v) is 11.5. The third-order valence-electron chi connectivity index (χ3n) is 5.93. The molecule has 2 aromatic carbocycles. The Morgan fingerprint density at radius 3 is 1.83 bits per heavy atom. The molecule has 41 heavy (non-hydrogen) atoms. The second-order valence-corrected chi connectivity index (χ2v) is 8.73. The fourth-order valence-electron chi connectivity index (χ4n) is 3.92. The molecule has 2 N–H and O–H groups in total. The number of hydrogen-bond donors (Lipinski definition) is 1. The van der Waals surface area contributed by atoms with E-state index in [2.05, 4.69) is 10.2 Å². The van der Waals surface area contributed by atoms with Gasteiger partial charge in [0.05, 0.1) is 5.69 Å². The largest absolute Gasteiger partial charge is 0.458 e. The molecule has 6 nitrogen and oxygen atoms in total. The van der Waals surface area contributed by atoms with Crippen molar-refractivity contribution in [1.82, 2.24) is 10.2 Å². The van der Waals surface area contributed by atoms with Crippen LogP contribution in [0.25, 0.3) is 11.3 Å². The molecule has 220 valence electrons. The van der Waals surface area contributed by atoms with Crippen molar-refractivity contribution < 1.29 is 53.5 Å². The molecule has 0 radical (unpaired) electrons. The summed E-state index contributed by atoms with van der Waals surface area (Å²) < 4.78 is 121. The van der Waals surface area contributed by atoms with Crippen molar-refractivity contribution in [2.24, 2.45) is 5.73 Å². The fourth-order valence-corrected chi connectivity index (χ4v) is 3.92. The van der Waals surface area contributed by atoms with Crippen LogP contribution in [0.2, 0.25) is 0 Å². The summed E-state index contributed by atoms with van der Waals surface area (Å²) in [4.78, 5) is 21.2. The number of anilines is 1. The van der Waals surface area contributed by atoms with E-state index in [0.717, 1.165) is 11.6 Å². The molecule has 4 rings (SSSR count). The van der Waals surface area contributed by atoms with Gasteiger partial charge in [0.1, 0.15) is 11.6 Å². The Hall–Kier alpha value is -4.08. The highest BCUT2D eigenvalue weighted by Crippen LogP contribution is 2.32. The first-order chi connectivity index (χ1) is 19.0. The zero-order valence-corrected chi connectivity index (χ0v) is 20.4. The van der Waals surface area contributed by atoms with Crippen LogP contribution in [0.4, 0.5) is 49.7 Å². The van der Waals surface area contributed by atoms with E-state index in [0.29, 0.717) is 37.1 Å². The number of Topliss-reactive ketones (excluding diaryl/α,β-unsaturated/α-hetero) is 2. The van der Waals surface area contributed by atoms with Crippen molar-refractivity contribution in [3.05, 3.63) is 77.4 Å². The third kappa shape index (κ3) is 7.77. The van der Waals surface area contributed by atoms with Crippen LogP contribution in [-0.2, 0) is 9.59 Å². The molecule has 0 bridgehead atoms. The fraction of sp³-hybridized carbons (Fsp3) is 0.280. The number of halogens is 10. The Kier molecular flexibility index (Phi) is 9.36. The SMILES string of the molecule is N[C@H]1CN(c2ccc(-c3ccc(F)cc3)nn2)CCC1c1cc(F)c(F)cc1F.O=C(C(=O)C(F)(F)F)C(F)(F)F. The summed E-state index contributed by atoms with van der Waals surface area (Å²) >= 11 is 0. The van der Waals surface area contributed by atoms with Crippen LogP contribution in [0.3, 0.4) is 0 Å². The highest BCUT2D eigenvalue weighted by Gasteiger charge is 2.54. The van der Waals surface area contributed by atoms with Crippen LogP contribution < -0.4 is 10.6 Å². The van der Waals surface area contributed by atoms with E-state index in [1.54, 1.807) is 24.3 Å². The minimum Gasteiger partial charge on any atom is -0.354 e. The predicted molar refractivity (Wildman–Crippen MR) is 123 cm³/mol. The van der Waals surface area contributed by atoms with E-state index in [1.807, 2.05) is 4.90 Å². The van der Waals surface area contributed by atoms with Gasteiger partial charge in [-0.2, -0.15) is 26.3 Å². The molecule has 3 aromatic rings. The lowest BCUT2D eigenvalue weighted by molar-refractivity contribution is -0.193. The topological polar surface area (TPSA) is 89.2 Å². The van der Waals surface area contributed by atoms with Crippen LogP contribution in [-0.4, -0.2) is 53.2 Å². The van der Waals surface area contributed by atoms with E-state index >= 15 is 0 Å². The van der Waals surface area contributed by atoms with E-state index < -0.39 is 53.3 Å². The number of ketones is 2. The maximum Gasteiger partial charge on any atom is 0.458 e. The molecule has 0 amide bonds. The summed E-state index contributed by atoms with van der Waals surface area (Å²) in [6.45, 7) is 0.884. The zero-order chi connectivity index (χ0) is 30.7.